The van der Waals surface area contributed by atoms with Gasteiger partial charge in [0.05, 0.1) is 6.61 Å². The summed E-state index contributed by atoms with van der Waals surface area (Å²) in [4.78, 5) is 20.1. The molecular weight excluding hydrogens is 493 g/mol. The van der Waals surface area contributed by atoms with Crippen LogP contribution in [-0.4, -0.2) is 61.1 Å². The minimum atomic E-state index is -0.926. The van der Waals surface area contributed by atoms with Crippen molar-refractivity contribution >= 4 is 17.7 Å². The van der Waals surface area contributed by atoms with E-state index in [1.165, 1.54) is 31.5 Å². The van der Waals surface area contributed by atoms with Crippen molar-refractivity contribution in [1.82, 2.24) is 9.80 Å². The van der Waals surface area contributed by atoms with Crippen molar-refractivity contribution in [2.45, 2.75) is 38.5 Å². The standard InChI is InChI=1S/C27H32FN5O5/c28-21-16-20(6-8-22(21)35-14-4-13-32-11-2-1-3-12-32)31-27-30-10-9-25(38-26(29)34)33(27)17-19-5-7-23-24(15-19)37-18-36-23/h5-10,15-16,25H,1-4,11-14,17-18H2,(H2,29,34)(H,30,31). The zero-order valence-corrected chi connectivity index (χ0v) is 21.1. The number of primary amides is 1. The number of fused-ring (bicyclic) bond motifs is 1. The van der Waals surface area contributed by atoms with E-state index < -0.39 is 18.1 Å². The van der Waals surface area contributed by atoms with Gasteiger partial charge in [-0.1, -0.05) is 12.5 Å². The Bertz CT molecular complexity index is 1200. The highest BCUT2D eigenvalue weighted by molar-refractivity contribution is 5.95. The number of carbonyl (C=O) groups is 1. The number of anilines is 1. The molecule has 38 heavy (non-hydrogen) atoms. The predicted molar refractivity (Wildman–Crippen MR) is 140 cm³/mol. The van der Waals surface area contributed by atoms with Crippen molar-refractivity contribution < 1.29 is 28.1 Å². The Morgan fingerprint density at radius 3 is 2.79 bits per heavy atom. The number of nitrogens with zero attached hydrogens (tertiary/aromatic N) is 3. The molecule has 3 aliphatic heterocycles. The van der Waals surface area contributed by atoms with E-state index in [2.05, 4.69) is 15.2 Å². The fourth-order valence-electron chi connectivity index (χ4n) is 4.69. The minimum absolute atomic E-state index is 0.163. The maximum atomic E-state index is 14.9. The number of hydrogen-bond donors (Lipinski definition) is 2. The molecule has 0 aliphatic carbocycles. The van der Waals surface area contributed by atoms with Crippen LogP contribution >= 0.6 is 0 Å². The second-order valence-corrected chi connectivity index (χ2v) is 9.31. The van der Waals surface area contributed by atoms with Crippen LogP contribution in [0, 0.1) is 5.82 Å². The number of nitrogens with one attached hydrogen (secondary N) is 1. The number of guanidine groups is 1. The summed E-state index contributed by atoms with van der Waals surface area (Å²) in [6, 6.07) is 10.2. The quantitative estimate of drug-likeness (QED) is 0.472. The number of likely N-dealkylation sites (tertiary alicyclic amines) is 1. The van der Waals surface area contributed by atoms with Crippen molar-refractivity contribution in [2.24, 2.45) is 10.7 Å². The lowest BCUT2D eigenvalue weighted by atomic mass is 10.1. The fourth-order valence-corrected chi connectivity index (χ4v) is 4.69. The summed E-state index contributed by atoms with van der Waals surface area (Å²) in [6.45, 7) is 4.13. The van der Waals surface area contributed by atoms with Crippen molar-refractivity contribution in [3.8, 4) is 17.2 Å². The maximum absolute atomic E-state index is 14.9. The van der Waals surface area contributed by atoms with Gasteiger partial charge in [-0.25, -0.2) is 14.2 Å². The van der Waals surface area contributed by atoms with Gasteiger partial charge in [0.25, 0.3) is 0 Å². The first-order valence-corrected chi connectivity index (χ1v) is 12.8. The van der Waals surface area contributed by atoms with Crippen molar-refractivity contribution in [2.75, 3.05) is 38.4 Å². The van der Waals surface area contributed by atoms with Gasteiger partial charge in [-0.15, -0.1) is 0 Å². The van der Waals surface area contributed by atoms with Gasteiger partial charge in [0, 0.05) is 31.0 Å². The van der Waals surface area contributed by atoms with E-state index in [4.69, 9.17) is 24.7 Å². The fraction of sp³-hybridized carbons (Fsp3) is 0.407. The van der Waals surface area contributed by atoms with Crippen LogP contribution in [0.4, 0.5) is 14.9 Å². The molecule has 1 saturated heterocycles. The third kappa shape index (κ3) is 6.46. The number of benzene rings is 2. The van der Waals surface area contributed by atoms with E-state index in [-0.39, 0.29) is 12.5 Å². The number of aliphatic imine (C=N–C) groups is 1. The van der Waals surface area contributed by atoms with Crippen LogP contribution in [0.25, 0.3) is 0 Å². The summed E-state index contributed by atoms with van der Waals surface area (Å²) in [5, 5.41) is 3.12. The number of piperidine rings is 1. The van der Waals surface area contributed by atoms with Gasteiger partial charge in [0.15, 0.2) is 23.1 Å². The van der Waals surface area contributed by atoms with Crippen molar-refractivity contribution in [3.05, 3.63) is 60.1 Å². The Labute approximate surface area is 220 Å². The summed E-state index contributed by atoms with van der Waals surface area (Å²) in [5.41, 5.74) is 6.62. The average molecular weight is 526 g/mol. The molecule has 5 rings (SSSR count). The number of amides is 1. The summed E-state index contributed by atoms with van der Waals surface area (Å²) in [6.07, 6.45) is 6.00. The van der Waals surface area contributed by atoms with E-state index >= 15 is 0 Å². The summed E-state index contributed by atoms with van der Waals surface area (Å²) in [7, 11) is 0. The van der Waals surface area contributed by atoms with Crippen molar-refractivity contribution in [1.29, 1.82) is 0 Å². The number of rotatable bonds is 9. The van der Waals surface area contributed by atoms with Gasteiger partial charge in [-0.3, -0.25) is 4.90 Å². The molecule has 3 heterocycles. The molecular formula is C27H32FN5O5. The molecule has 1 amide bonds. The topological polar surface area (TPSA) is 111 Å². The van der Waals surface area contributed by atoms with Crippen LogP contribution in [0.3, 0.4) is 0 Å². The van der Waals surface area contributed by atoms with Gasteiger partial charge in [0.2, 0.25) is 19.0 Å². The molecule has 0 saturated carbocycles. The monoisotopic (exact) mass is 525 g/mol. The molecule has 0 radical (unpaired) electrons. The lowest BCUT2D eigenvalue weighted by Crippen LogP contribution is -2.46. The Morgan fingerprint density at radius 2 is 1.97 bits per heavy atom. The largest absolute Gasteiger partial charge is 0.490 e. The second kappa shape index (κ2) is 12.0. The smallest absolute Gasteiger partial charge is 0.406 e. The molecule has 11 heteroatoms. The zero-order valence-electron chi connectivity index (χ0n) is 21.1. The molecule has 1 unspecified atom stereocenters. The van der Waals surface area contributed by atoms with E-state index in [9.17, 15) is 9.18 Å². The summed E-state index contributed by atoms with van der Waals surface area (Å²) >= 11 is 0. The summed E-state index contributed by atoms with van der Waals surface area (Å²) in [5.74, 6) is 1.36. The lowest BCUT2D eigenvalue weighted by molar-refractivity contribution is 0.0563. The van der Waals surface area contributed by atoms with E-state index in [0.717, 1.165) is 31.6 Å². The second-order valence-electron chi connectivity index (χ2n) is 9.31. The Morgan fingerprint density at radius 1 is 1.13 bits per heavy atom. The highest BCUT2D eigenvalue weighted by Gasteiger charge is 2.27. The number of carbonyl (C=O) groups excluding carboxylic acids is 1. The first-order valence-electron chi connectivity index (χ1n) is 12.8. The predicted octanol–water partition coefficient (Wildman–Crippen LogP) is 4.03. The molecule has 1 atom stereocenters. The van der Waals surface area contributed by atoms with Crippen LogP contribution in [0.5, 0.6) is 17.2 Å². The van der Waals surface area contributed by atoms with Crippen LogP contribution in [-0.2, 0) is 11.3 Å². The highest BCUT2D eigenvalue weighted by atomic mass is 19.1. The first-order chi connectivity index (χ1) is 18.5. The molecule has 0 aromatic heterocycles. The van der Waals surface area contributed by atoms with E-state index in [1.807, 2.05) is 18.2 Å². The van der Waals surface area contributed by atoms with Gasteiger partial charge >= 0.3 is 6.09 Å². The van der Waals surface area contributed by atoms with Crippen molar-refractivity contribution in [3.63, 3.8) is 0 Å². The number of halogens is 1. The Hall–Kier alpha value is -3.99. The van der Waals surface area contributed by atoms with Crippen LogP contribution in [0.1, 0.15) is 31.2 Å². The molecule has 10 nitrogen and oxygen atoms in total. The van der Waals surface area contributed by atoms with Crippen LogP contribution < -0.4 is 25.3 Å². The molecule has 2 aromatic carbocycles. The van der Waals surface area contributed by atoms with Gasteiger partial charge in [-0.05, 0) is 68.3 Å². The first kappa shape index (κ1) is 25.7. The normalized spacial score (nSPS) is 18.7. The highest BCUT2D eigenvalue weighted by Crippen LogP contribution is 2.33. The number of nitrogens with two attached hydrogens (primary N) is 1. The number of hydrogen-bond acceptors (Lipinski definition) is 9. The zero-order chi connectivity index (χ0) is 26.3. The summed E-state index contributed by atoms with van der Waals surface area (Å²) < 4.78 is 36.7. The molecule has 2 aromatic rings. The van der Waals surface area contributed by atoms with Gasteiger partial charge < -0.3 is 34.9 Å². The molecule has 202 valence electrons. The van der Waals surface area contributed by atoms with E-state index in [0.29, 0.717) is 36.3 Å². The third-order valence-corrected chi connectivity index (χ3v) is 6.57. The molecule has 0 bridgehead atoms. The molecule has 3 N–H and O–H groups in total. The van der Waals surface area contributed by atoms with Crippen LogP contribution in [0.2, 0.25) is 0 Å². The van der Waals surface area contributed by atoms with Gasteiger partial charge in [-0.2, -0.15) is 0 Å². The average Bonchev–Trinajstić information content (AvgIpc) is 3.38. The Kier molecular flexibility index (Phi) is 8.12. The molecule has 0 spiro atoms. The minimum Gasteiger partial charge on any atom is -0.490 e. The molecule has 1 fully saturated rings. The van der Waals surface area contributed by atoms with E-state index in [1.54, 1.807) is 23.1 Å². The molecule has 3 aliphatic rings. The SMILES string of the molecule is NC(=O)OC1C=CN=C(Nc2ccc(OCCCN3CCCCC3)c(F)c2)N1Cc1ccc2c(c1)OCO2. The van der Waals surface area contributed by atoms with Gasteiger partial charge in [0.1, 0.15) is 0 Å². The van der Waals surface area contributed by atoms with Crippen LogP contribution in [0.15, 0.2) is 53.7 Å². The number of ether oxygens (including phenoxy) is 4. The third-order valence-electron chi connectivity index (χ3n) is 6.57. The maximum Gasteiger partial charge on any atom is 0.406 e. The Balaban J connectivity index is 1.23. The lowest BCUT2D eigenvalue weighted by Gasteiger charge is -2.33.